The summed E-state index contributed by atoms with van der Waals surface area (Å²) in [4.78, 5) is 12.2. The lowest BCUT2D eigenvalue weighted by Crippen LogP contribution is -2.45. The monoisotopic (exact) mass is 408 g/mol. The highest BCUT2D eigenvalue weighted by molar-refractivity contribution is 7.89. The van der Waals surface area contributed by atoms with Crippen LogP contribution >= 0.6 is 23.2 Å². The fourth-order valence-electron chi connectivity index (χ4n) is 2.82. The Labute approximate surface area is 158 Å². The first-order valence-corrected chi connectivity index (χ1v) is 10.2. The smallest absolute Gasteiger partial charge is 0.244 e. The summed E-state index contributed by atoms with van der Waals surface area (Å²) in [7, 11) is -2.15. The molecule has 6 nitrogen and oxygen atoms in total. The quantitative estimate of drug-likeness (QED) is 0.784. The second-order valence-corrected chi connectivity index (χ2v) is 8.87. The molecular formula is C16H22Cl2N2O4S. The Kier molecular flexibility index (Phi) is 7.10. The van der Waals surface area contributed by atoms with E-state index in [1.807, 2.05) is 6.92 Å². The van der Waals surface area contributed by atoms with E-state index in [4.69, 9.17) is 27.9 Å². The maximum Gasteiger partial charge on any atom is 0.244 e. The molecule has 0 bridgehead atoms. The largest absolute Gasteiger partial charge is 0.383 e. The van der Waals surface area contributed by atoms with Crippen LogP contribution < -0.4 is 5.32 Å². The van der Waals surface area contributed by atoms with Crippen molar-refractivity contribution in [3.05, 3.63) is 28.2 Å². The van der Waals surface area contributed by atoms with Gasteiger partial charge in [0.25, 0.3) is 0 Å². The van der Waals surface area contributed by atoms with Crippen molar-refractivity contribution in [3.8, 4) is 0 Å². The molecule has 1 N–H and O–H groups in total. The van der Waals surface area contributed by atoms with Gasteiger partial charge in [0.1, 0.15) is 4.90 Å². The number of piperidine rings is 1. The zero-order chi connectivity index (χ0) is 18.6. The molecule has 1 aromatic carbocycles. The Hall–Kier alpha value is -0.860. The van der Waals surface area contributed by atoms with Gasteiger partial charge >= 0.3 is 0 Å². The average molecular weight is 409 g/mol. The lowest BCUT2D eigenvalue weighted by Gasteiger charge is -2.31. The van der Waals surface area contributed by atoms with E-state index in [1.54, 1.807) is 13.2 Å². The van der Waals surface area contributed by atoms with Gasteiger partial charge in [0.05, 0.1) is 11.6 Å². The number of hydrogen-bond acceptors (Lipinski definition) is 4. The van der Waals surface area contributed by atoms with E-state index in [0.717, 1.165) is 0 Å². The Morgan fingerprint density at radius 3 is 2.60 bits per heavy atom. The van der Waals surface area contributed by atoms with E-state index in [0.29, 0.717) is 24.5 Å². The molecule has 1 aliphatic rings. The summed E-state index contributed by atoms with van der Waals surface area (Å²) in [6, 6.07) is 4.28. The topological polar surface area (TPSA) is 75.7 Å². The van der Waals surface area contributed by atoms with Crippen LogP contribution in [0.15, 0.2) is 23.1 Å². The van der Waals surface area contributed by atoms with Crippen molar-refractivity contribution in [2.24, 2.45) is 5.92 Å². The van der Waals surface area contributed by atoms with Crippen LogP contribution in [-0.2, 0) is 19.6 Å². The molecule has 0 aliphatic carbocycles. The number of nitrogens with one attached hydrogen (secondary N) is 1. The van der Waals surface area contributed by atoms with Crippen LogP contribution in [0.5, 0.6) is 0 Å². The maximum absolute atomic E-state index is 12.8. The van der Waals surface area contributed by atoms with Gasteiger partial charge in [-0.3, -0.25) is 4.79 Å². The molecule has 1 saturated heterocycles. The number of ether oxygens (including phenoxy) is 1. The number of benzene rings is 1. The molecule has 0 unspecified atom stereocenters. The maximum atomic E-state index is 12.8. The zero-order valence-electron chi connectivity index (χ0n) is 14.2. The molecule has 25 heavy (non-hydrogen) atoms. The van der Waals surface area contributed by atoms with Gasteiger partial charge in [0, 0.05) is 37.2 Å². The minimum absolute atomic E-state index is 0.00159. The van der Waals surface area contributed by atoms with Gasteiger partial charge < -0.3 is 10.1 Å². The van der Waals surface area contributed by atoms with E-state index in [-0.39, 0.29) is 40.9 Å². The molecule has 0 radical (unpaired) electrons. The number of hydrogen-bond donors (Lipinski definition) is 1. The van der Waals surface area contributed by atoms with Crippen LogP contribution in [0, 0.1) is 5.92 Å². The van der Waals surface area contributed by atoms with E-state index < -0.39 is 10.0 Å². The minimum atomic E-state index is -3.73. The first-order valence-electron chi connectivity index (χ1n) is 8.00. The van der Waals surface area contributed by atoms with Crippen LogP contribution in [0.2, 0.25) is 10.0 Å². The predicted molar refractivity (Wildman–Crippen MR) is 97.4 cm³/mol. The molecule has 1 atom stereocenters. The van der Waals surface area contributed by atoms with E-state index >= 15 is 0 Å². The SMILES string of the molecule is COC[C@H](C)NC(=O)C1CCN(S(=O)(=O)c2cc(Cl)ccc2Cl)CC1. The summed E-state index contributed by atoms with van der Waals surface area (Å²) in [5.41, 5.74) is 0. The van der Waals surface area contributed by atoms with Gasteiger partial charge in [0.15, 0.2) is 0 Å². The van der Waals surface area contributed by atoms with Crippen molar-refractivity contribution in [2.75, 3.05) is 26.8 Å². The third-order valence-electron chi connectivity index (χ3n) is 4.14. The summed E-state index contributed by atoms with van der Waals surface area (Å²) in [6.45, 7) is 2.83. The number of carbonyl (C=O) groups excluding carboxylic acids is 1. The number of methoxy groups -OCH3 is 1. The Bertz CT molecular complexity index is 719. The van der Waals surface area contributed by atoms with Crippen LogP contribution in [0.4, 0.5) is 0 Å². The van der Waals surface area contributed by atoms with Crippen molar-refractivity contribution in [1.82, 2.24) is 9.62 Å². The highest BCUT2D eigenvalue weighted by atomic mass is 35.5. The molecule has 1 heterocycles. The summed E-state index contributed by atoms with van der Waals surface area (Å²) >= 11 is 11.9. The Morgan fingerprint density at radius 2 is 2.00 bits per heavy atom. The minimum Gasteiger partial charge on any atom is -0.383 e. The van der Waals surface area contributed by atoms with Gasteiger partial charge in [-0.25, -0.2) is 8.42 Å². The number of rotatable bonds is 6. The molecule has 1 fully saturated rings. The third kappa shape index (κ3) is 5.08. The van der Waals surface area contributed by atoms with Crippen molar-refractivity contribution in [2.45, 2.75) is 30.7 Å². The molecular weight excluding hydrogens is 387 g/mol. The molecule has 1 amide bonds. The van der Waals surface area contributed by atoms with Crippen molar-refractivity contribution < 1.29 is 17.9 Å². The van der Waals surface area contributed by atoms with Gasteiger partial charge in [-0.05, 0) is 38.0 Å². The molecule has 1 aromatic rings. The molecule has 140 valence electrons. The predicted octanol–water partition coefficient (Wildman–Crippen LogP) is 2.55. The second-order valence-electron chi connectivity index (χ2n) is 6.12. The Balaban J connectivity index is 2.01. The first kappa shape index (κ1) is 20.5. The second kappa shape index (κ2) is 8.68. The van der Waals surface area contributed by atoms with E-state index in [9.17, 15) is 13.2 Å². The first-order chi connectivity index (χ1) is 11.8. The summed E-state index contributed by atoms with van der Waals surface area (Å²) in [5.74, 6) is -0.275. The lowest BCUT2D eigenvalue weighted by molar-refractivity contribution is -0.127. The van der Waals surface area contributed by atoms with Crippen molar-refractivity contribution >= 4 is 39.1 Å². The highest BCUT2D eigenvalue weighted by Crippen LogP contribution is 2.30. The molecule has 1 aliphatic heterocycles. The molecule has 9 heteroatoms. The van der Waals surface area contributed by atoms with Crippen LogP contribution in [0.3, 0.4) is 0 Å². The van der Waals surface area contributed by atoms with Crippen molar-refractivity contribution in [1.29, 1.82) is 0 Å². The van der Waals surface area contributed by atoms with Crippen LogP contribution in [0.1, 0.15) is 19.8 Å². The van der Waals surface area contributed by atoms with Gasteiger partial charge in [0.2, 0.25) is 15.9 Å². The molecule has 0 saturated carbocycles. The van der Waals surface area contributed by atoms with Crippen LogP contribution in [-0.4, -0.2) is 51.5 Å². The van der Waals surface area contributed by atoms with Gasteiger partial charge in [-0.15, -0.1) is 0 Å². The molecule has 0 aromatic heterocycles. The zero-order valence-corrected chi connectivity index (χ0v) is 16.5. The summed E-state index contributed by atoms with van der Waals surface area (Å²) in [6.07, 6.45) is 0.923. The number of sulfonamides is 1. The van der Waals surface area contributed by atoms with E-state index in [1.165, 1.54) is 16.4 Å². The normalized spacial score (nSPS) is 18.1. The highest BCUT2D eigenvalue weighted by Gasteiger charge is 2.33. The lowest BCUT2D eigenvalue weighted by atomic mass is 9.97. The fraction of sp³-hybridized carbons (Fsp3) is 0.562. The molecule has 0 spiro atoms. The van der Waals surface area contributed by atoms with Gasteiger partial charge in [-0.2, -0.15) is 4.31 Å². The number of amides is 1. The fourth-order valence-corrected chi connectivity index (χ4v) is 5.03. The van der Waals surface area contributed by atoms with E-state index in [2.05, 4.69) is 5.32 Å². The Morgan fingerprint density at radius 1 is 1.36 bits per heavy atom. The van der Waals surface area contributed by atoms with Crippen LogP contribution in [0.25, 0.3) is 0 Å². The number of carbonyl (C=O) groups is 1. The summed E-state index contributed by atoms with van der Waals surface area (Å²) in [5, 5.41) is 3.33. The number of halogens is 2. The van der Waals surface area contributed by atoms with Crippen molar-refractivity contribution in [3.63, 3.8) is 0 Å². The third-order valence-corrected chi connectivity index (χ3v) is 6.76. The summed E-state index contributed by atoms with van der Waals surface area (Å²) < 4.78 is 31.9. The standard InChI is InChI=1S/C16H22Cl2N2O4S/c1-11(10-24-2)19-16(21)12-5-7-20(8-6-12)25(22,23)15-9-13(17)3-4-14(15)18/h3-4,9,11-12H,5-8,10H2,1-2H3,(H,19,21)/t11-/m0/s1. The number of nitrogens with zero attached hydrogens (tertiary/aromatic N) is 1. The average Bonchev–Trinajstić information content (AvgIpc) is 2.57. The molecule has 2 rings (SSSR count). The van der Waals surface area contributed by atoms with Gasteiger partial charge in [-0.1, -0.05) is 23.2 Å².